The minimum absolute atomic E-state index is 0.910. The van der Waals surface area contributed by atoms with E-state index < -0.39 is 0 Å². The Morgan fingerprint density at radius 1 is 1.56 bits per heavy atom. The van der Waals surface area contributed by atoms with Crippen LogP contribution in [0.4, 0.5) is 0 Å². The van der Waals surface area contributed by atoms with Crippen molar-refractivity contribution in [1.82, 2.24) is 9.47 Å². The Hall–Kier alpha value is -0.760. The van der Waals surface area contributed by atoms with E-state index in [1.54, 1.807) is 0 Å². The molecule has 0 unspecified atom stereocenters. The van der Waals surface area contributed by atoms with Crippen LogP contribution in [0.2, 0.25) is 0 Å². The summed E-state index contributed by atoms with van der Waals surface area (Å²) >= 11 is 0. The molecule has 1 heterocycles. The first kappa shape index (κ1) is 6.36. The fourth-order valence-corrected chi connectivity index (χ4v) is 0.721. The fraction of sp³-hybridized carbons (Fsp3) is 0.429. The number of aromatic nitrogens is 1. The lowest BCUT2D eigenvalue weighted by atomic mass is 10.7. The van der Waals surface area contributed by atoms with E-state index in [1.807, 2.05) is 37.0 Å². The van der Waals surface area contributed by atoms with Gasteiger partial charge in [-0.05, 0) is 26.2 Å². The minimum Gasteiger partial charge on any atom is -0.333 e. The number of hydrogen-bond acceptors (Lipinski definition) is 1. The first-order valence-corrected chi connectivity index (χ1v) is 2.96. The van der Waals surface area contributed by atoms with Crippen molar-refractivity contribution >= 4 is 0 Å². The van der Waals surface area contributed by atoms with Crippen molar-refractivity contribution in [3.05, 3.63) is 24.5 Å². The number of hydrogen-bond donors (Lipinski definition) is 0. The zero-order valence-corrected chi connectivity index (χ0v) is 5.83. The van der Waals surface area contributed by atoms with Crippen LogP contribution in [0, 0.1) is 6.20 Å². The summed E-state index contributed by atoms with van der Waals surface area (Å²) in [6.07, 6.45) is 5.04. The Labute approximate surface area is 55.7 Å². The molecule has 9 heavy (non-hydrogen) atoms. The van der Waals surface area contributed by atoms with Crippen molar-refractivity contribution in [2.45, 2.75) is 6.67 Å². The maximum Gasteiger partial charge on any atom is 0.0746 e. The van der Waals surface area contributed by atoms with Gasteiger partial charge in [-0.3, -0.25) is 4.90 Å². The highest BCUT2D eigenvalue weighted by molar-refractivity contribution is 4.87. The van der Waals surface area contributed by atoms with Gasteiger partial charge in [-0.15, -0.1) is 0 Å². The van der Waals surface area contributed by atoms with Gasteiger partial charge in [0.25, 0.3) is 0 Å². The lowest BCUT2D eigenvalue weighted by Crippen LogP contribution is -2.15. The molecule has 0 aliphatic carbocycles. The van der Waals surface area contributed by atoms with E-state index in [1.165, 1.54) is 0 Å². The Morgan fingerprint density at radius 2 is 2.33 bits per heavy atom. The summed E-state index contributed by atoms with van der Waals surface area (Å²) in [5, 5.41) is 0. The molecule has 1 aromatic heterocycles. The van der Waals surface area contributed by atoms with Crippen molar-refractivity contribution in [2.75, 3.05) is 14.1 Å². The van der Waals surface area contributed by atoms with Gasteiger partial charge in [-0.25, -0.2) is 0 Å². The summed E-state index contributed by atoms with van der Waals surface area (Å²) in [6.45, 7) is 0.910. The number of rotatable bonds is 2. The molecule has 0 atom stereocenters. The monoisotopic (exact) mass is 123 g/mol. The molecule has 0 aromatic carbocycles. The summed E-state index contributed by atoms with van der Waals surface area (Å²) in [5.74, 6) is 0. The van der Waals surface area contributed by atoms with Crippen molar-refractivity contribution in [1.29, 1.82) is 0 Å². The highest BCUT2D eigenvalue weighted by Crippen LogP contribution is 1.88. The molecule has 0 saturated carbocycles. The average molecular weight is 123 g/mol. The molecule has 0 N–H and O–H groups in total. The van der Waals surface area contributed by atoms with E-state index in [9.17, 15) is 0 Å². The first-order valence-electron chi connectivity index (χ1n) is 2.96. The van der Waals surface area contributed by atoms with E-state index in [0.29, 0.717) is 0 Å². The predicted octanol–water partition coefficient (Wildman–Crippen LogP) is 0.807. The maximum absolute atomic E-state index is 3.04. The fourth-order valence-electron chi connectivity index (χ4n) is 0.721. The first-order chi connectivity index (χ1) is 4.29. The van der Waals surface area contributed by atoms with E-state index in [4.69, 9.17) is 0 Å². The van der Waals surface area contributed by atoms with Gasteiger partial charge in [0.05, 0.1) is 12.9 Å². The second kappa shape index (κ2) is 2.69. The van der Waals surface area contributed by atoms with Gasteiger partial charge in [0.15, 0.2) is 0 Å². The Bertz CT molecular complexity index is 153. The third-order valence-corrected chi connectivity index (χ3v) is 1.04. The Morgan fingerprint density at radius 3 is 2.78 bits per heavy atom. The molecule has 1 aromatic rings. The van der Waals surface area contributed by atoms with Gasteiger partial charge >= 0.3 is 0 Å². The van der Waals surface area contributed by atoms with Crippen LogP contribution in [0.25, 0.3) is 0 Å². The molecule has 0 aliphatic heterocycles. The Balaban J connectivity index is 2.48. The molecule has 2 heteroatoms. The van der Waals surface area contributed by atoms with E-state index in [-0.39, 0.29) is 0 Å². The third-order valence-electron chi connectivity index (χ3n) is 1.04. The van der Waals surface area contributed by atoms with Crippen LogP contribution in [0.1, 0.15) is 0 Å². The quantitative estimate of drug-likeness (QED) is 0.565. The van der Waals surface area contributed by atoms with Gasteiger partial charge in [-0.2, -0.15) is 0 Å². The lowest BCUT2D eigenvalue weighted by Gasteiger charge is -2.08. The van der Waals surface area contributed by atoms with Crippen molar-refractivity contribution in [3.8, 4) is 0 Å². The zero-order chi connectivity index (χ0) is 6.69. The van der Waals surface area contributed by atoms with Crippen LogP contribution < -0.4 is 0 Å². The van der Waals surface area contributed by atoms with Crippen LogP contribution in [0.3, 0.4) is 0 Å². The molecule has 0 amide bonds. The summed E-state index contributed by atoms with van der Waals surface area (Å²) in [4.78, 5) is 2.09. The molecule has 1 rings (SSSR count). The molecule has 2 nitrogen and oxygen atoms in total. The molecule has 0 saturated heterocycles. The van der Waals surface area contributed by atoms with E-state index >= 15 is 0 Å². The van der Waals surface area contributed by atoms with Crippen molar-refractivity contribution in [2.24, 2.45) is 0 Å². The molecule has 49 valence electrons. The van der Waals surface area contributed by atoms with Crippen LogP contribution in [-0.4, -0.2) is 23.6 Å². The highest BCUT2D eigenvalue weighted by atomic mass is 15.2. The van der Waals surface area contributed by atoms with Crippen LogP contribution in [0.15, 0.2) is 18.3 Å². The zero-order valence-electron chi connectivity index (χ0n) is 5.83. The van der Waals surface area contributed by atoms with E-state index in [2.05, 4.69) is 11.1 Å². The summed E-state index contributed by atoms with van der Waals surface area (Å²) in [6, 6.07) is 3.88. The van der Waals surface area contributed by atoms with Gasteiger partial charge < -0.3 is 4.57 Å². The lowest BCUT2D eigenvalue weighted by molar-refractivity contribution is 0.326. The summed E-state index contributed by atoms with van der Waals surface area (Å²) in [5.41, 5.74) is 0. The smallest absolute Gasteiger partial charge is 0.0746 e. The molecule has 0 aliphatic rings. The summed E-state index contributed by atoms with van der Waals surface area (Å²) < 4.78 is 2.00. The third kappa shape index (κ3) is 1.90. The second-order valence-electron chi connectivity index (χ2n) is 2.33. The molecular formula is C7H11N2. The SMILES string of the molecule is CN(C)Cn1[c]ccc1. The Kier molecular flexibility index (Phi) is 1.90. The van der Waals surface area contributed by atoms with E-state index in [0.717, 1.165) is 6.67 Å². The highest BCUT2D eigenvalue weighted by Gasteiger charge is 1.88. The minimum atomic E-state index is 0.910. The normalized spacial score (nSPS) is 10.6. The molecular weight excluding hydrogens is 112 g/mol. The average Bonchev–Trinajstić information content (AvgIpc) is 2.15. The van der Waals surface area contributed by atoms with Gasteiger partial charge in [0.2, 0.25) is 0 Å². The number of nitrogens with zero attached hydrogens (tertiary/aromatic N) is 2. The van der Waals surface area contributed by atoms with Crippen molar-refractivity contribution in [3.63, 3.8) is 0 Å². The molecule has 0 fully saturated rings. The van der Waals surface area contributed by atoms with Crippen molar-refractivity contribution < 1.29 is 0 Å². The summed E-state index contributed by atoms with van der Waals surface area (Å²) in [7, 11) is 4.07. The standard InChI is InChI=1S/C7H11N2/c1-8(2)7-9-5-3-4-6-9/h3-5H,7H2,1-2H3. The van der Waals surface area contributed by atoms with Crippen LogP contribution in [-0.2, 0) is 6.67 Å². The van der Waals surface area contributed by atoms with Gasteiger partial charge in [0.1, 0.15) is 0 Å². The van der Waals surface area contributed by atoms with Crippen LogP contribution in [0.5, 0.6) is 0 Å². The second-order valence-corrected chi connectivity index (χ2v) is 2.33. The molecule has 0 spiro atoms. The molecule has 1 radical (unpaired) electrons. The van der Waals surface area contributed by atoms with Gasteiger partial charge in [0, 0.05) is 6.20 Å². The largest absolute Gasteiger partial charge is 0.333 e. The topological polar surface area (TPSA) is 8.17 Å². The molecule has 0 bridgehead atoms. The van der Waals surface area contributed by atoms with Gasteiger partial charge in [-0.1, -0.05) is 0 Å². The maximum atomic E-state index is 3.04. The van der Waals surface area contributed by atoms with Crippen LogP contribution >= 0.6 is 0 Å². The predicted molar refractivity (Wildman–Crippen MR) is 37.0 cm³/mol.